The Morgan fingerprint density at radius 2 is 1.77 bits per heavy atom. The van der Waals surface area contributed by atoms with Crippen LogP contribution in [0.3, 0.4) is 0 Å². The van der Waals surface area contributed by atoms with Crippen molar-refractivity contribution in [2.75, 3.05) is 19.0 Å². The highest BCUT2D eigenvalue weighted by molar-refractivity contribution is 5.96. The predicted octanol–water partition coefficient (Wildman–Crippen LogP) is 2.52. The van der Waals surface area contributed by atoms with Gasteiger partial charge in [0.2, 0.25) is 0 Å². The third-order valence-electron chi connectivity index (χ3n) is 3.40. The number of amides is 1. The van der Waals surface area contributed by atoms with Gasteiger partial charge in [-0.15, -0.1) is 0 Å². The van der Waals surface area contributed by atoms with Gasteiger partial charge in [0.05, 0.1) is 18.4 Å². The summed E-state index contributed by atoms with van der Waals surface area (Å²) >= 11 is 0. The lowest BCUT2D eigenvalue weighted by Crippen LogP contribution is -2.31. The van der Waals surface area contributed by atoms with E-state index in [9.17, 15) is 9.59 Å². The zero-order chi connectivity index (χ0) is 18.9. The Hall–Kier alpha value is -3.53. The number of hydrogen-bond acceptors (Lipinski definition) is 6. The summed E-state index contributed by atoms with van der Waals surface area (Å²) in [5.41, 5.74) is 0.673. The minimum absolute atomic E-state index is 0.318. The normalized spacial score (nSPS) is 11.0. The summed E-state index contributed by atoms with van der Waals surface area (Å²) in [6.07, 6.45) is -1.05. The fraction of sp³-hybridized carbons (Fsp3) is 0.211. The molecule has 0 aromatic heterocycles. The quantitative estimate of drug-likeness (QED) is 0.767. The second-order valence-corrected chi connectivity index (χ2v) is 5.22. The first kappa shape index (κ1) is 18.8. The molecule has 7 nitrogen and oxygen atoms in total. The van der Waals surface area contributed by atoms with Gasteiger partial charge in [-0.25, -0.2) is 4.79 Å². The first-order valence-corrected chi connectivity index (χ1v) is 7.80. The van der Waals surface area contributed by atoms with Crippen molar-refractivity contribution in [2.24, 2.45) is 0 Å². The average Bonchev–Trinajstić information content (AvgIpc) is 2.66. The van der Waals surface area contributed by atoms with E-state index < -0.39 is 18.0 Å². The van der Waals surface area contributed by atoms with Crippen molar-refractivity contribution in [3.8, 4) is 17.6 Å². The van der Waals surface area contributed by atoms with Crippen LogP contribution in [0.5, 0.6) is 11.5 Å². The van der Waals surface area contributed by atoms with E-state index in [4.69, 9.17) is 19.5 Å². The number of hydrogen-bond donors (Lipinski definition) is 1. The standard InChI is InChI=1S/C19H18N2O5/c1-13(19(23)21-15-8-4-3-7-14(15)11-20)26-18(22)12-25-17-10-6-5-9-16(17)24-2/h3-10,13H,12H2,1-2H3,(H,21,23)/t13-/m0/s1. The highest BCUT2D eigenvalue weighted by Crippen LogP contribution is 2.25. The molecule has 1 N–H and O–H groups in total. The number of para-hydroxylation sites is 3. The lowest BCUT2D eigenvalue weighted by molar-refractivity contribution is -0.155. The van der Waals surface area contributed by atoms with Gasteiger partial charge >= 0.3 is 5.97 Å². The topological polar surface area (TPSA) is 97.7 Å². The summed E-state index contributed by atoms with van der Waals surface area (Å²) in [4.78, 5) is 24.0. The fourth-order valence-electron chi connectivity index (χ4n) is 2.08. The summed E-state index contributed by atoms with van der Waals surface area (Å²) in [6.45, 7) is 1.07. The zero-order valence-corrected chi connectivity index (χ0v) is 14.4. The molecular formula is C19H18N2O5. The number of rotatable bonds is 7. The Labute approximate surface area is 151 Å². The molecule has 0 saturated heterocycles. The van der Waals surface area contributed by atoms with Crippen LogP contribution >= 0.6 is 0 Å². The van der Waals surface area contributed by atoms with E-state index in [1.165, 1.54) is 14.0 Å². The molecule has 134 valence electrons. The number of carbonyl (C=O) groups excluding carboxylic acids is 2. The highest BCUT2D eigenvalue weighted by Gasteiger charge is 2.19. The van der Waals surface area contributed by atoms with Crippen LogP contribution in [-0.2, 0) is 14.3 Å². The third-order valence-corrected chi connectivity index (χ3v) is 3.40. The maximum absolute atomic E-state index is 12.1. The molecule has 2 aromatic rings. The highest BCUT2D eigenvalue weighted by atomic mass is 16.6. The Morgan fingerprint density at radius 3 is 2.46 bits per heavy atom. The van der Waals surface area contributed by atoms with Crippen LogP contribution < -0.4 is 14.8 Å². The number of ether oxygens (including phenoxy) is 3. The van der Waals surface area contributed by atoms with Crippen molar-refractivity contribution < 1.29 is 23.8 Å². The molecule has 0 spiro atoms. The molecule has 0 aliphatic heterocycles. The number of anilines is 1. The molecule has 0 heterocycles. The van der Waals surface area contributed by atoms with Crippen molar-refractivity contribution >= 4 is 17.6 Å². The lowest BCUT2D eigenvalue weighted by atomic mass is 10.2. The van der Waals surface area contributed by atoms with Crippen LogP contribution in [0, 0.1) is 11.3 Å². The van der Waals surface area contributed by atoms with E-state index in [1.54, 1.807) is 48.5 Å². The molecule has 1 atom stereocenters. The summed E-state index contributed by atoms with van der Waals surface area (Å²) in [6, 6.07) is 15.4. The first-order chi connectivity index (χ1) is 12.5. The van der Waals surface area contributed by atoms with Crippen LogP contribution in [0.25, 0.3) is 0 Å². The smallest absolute Gasteiger partial charge is 0.344 e. The van der Waals surface area contributed by atoms with Crippen LogP contribution in [0.1, 0.15) is 12.5 Å². The molecule has 0 saturated carbocycles. The summed E-state index contributed by atoms with van der Waals surface area (Å²) in [7, 11) is 1.49. The number of carbonyl (C=O) groups is 2. The molecule has 7 heteroatoms. The molecular weight excluding hydrogens is 336 g/mol. The predicted molar refractivity (Wildman–Crippen MR) is 93.8 cm³/mol. The molecule has 0 aliphatic carbocycles. The first-order valence-electron chi connectivity index (χ1n) is 7.80. The van der Waals surface area contributed by atoms with Gasteiger partial charge in [0, 0.05) is 0 Å². The van der Waals surface area contributed by atoms with Gasteiger partial charge in [0.25, 0.3) is 5.91 Å². The van der Waals surface area contributed by atoms with Crippen molar-refractivity contribution in [1.82, 2.24) is 0 Å². The van der Waals surface area contributed by atoms with Gasteiger partial charge in [-0.1, -0.05) is 24.3 Å². The Balaban J connectivity index is 1.88. The van der Waals surface area contributed by atoms with E-state index in [0.29, 0.717) is 22.7 Å². The maximum Gasteiger partial charge on any atom is 0.344 e. The molecule has 2 rings (SSSR count). The number of benzene rings is 2. The largest absolute Gasteiger partial charge is 0.493 e. The summed E-state index contributed by atoms with van der Waals surface area (Å²) < 4.78 is 15.5. The Kier molecular flexibility index (Phi) is 6.57. The van der Waals surface area contributed by atoms with Crippen molar-refractivity contribution in [1.29, 1.82) is 5.26 Å². The monoisotopic (exact) mass is 354 g/mol. The van der Waals surface area contributed by atoms with E-state index in [1.807, 2.05) is 6.07 Å². The molecule has 1 amide bonds. The van der Waals surface area contributed by atoms with Gasteiger partial charge in [0.1, 0.15) is 6.07 Å². The Morgan fingerprint density at radius 1 is 1.12 bits per heavy atom. The second-order valence-electron chi connectivity index (χ2n) is 5.22. The average molecular weight is 354 g/mol. The number of nitriles is 1. The number of esters is 1. The van der Waals surface area contributed by atoms with Gasteiger partial charge in [0.15, 0.2) is 24.2 Å². The van der Waals surface area contributed by atoms with Crippen LogP contribution in [0.4, 0.5) is 5.69 Å². The molecule has 0 bridgehead atoms. The van der Waals surface area contributed by atoms with Gasteiger partial charge < -0.3 is 19.5 Å². The lowest BCUT2D eigenvalue weighted by Gasteiger charge is -2.15. The van der Waals surface area contributed by atoms with Crippen LogP contribution in [0.2, 0.25) is 0 Å². The minimum atomic E-state index is -1.05. The molecule has 0 fully saturated rings. The van der Waals surface area contributed by atoms with Crippen molar-refractivity contribution in [3.05, 3.63) is 54.1 Å². The van der Waals surface area contributed by atoms with E-state index >= 15 is 0 Å². The van der Waals surface area contributed by atoms with E-state index in [0.717, 1.165) is 0 Å². The zero-order valence-electron chi connectivity index (χ0n) is 14.4. The maximum atomic E-state index is 12.1. The third kappa shape index (κ3) is 4.98. The van der Waals surface area contributed by atoms with E-state index in [2.05, 4.69) is 5.32 Å². The van der Waals surface area contributed by atoms with Crippen molar-refractivity contribution in [2.45, 2.75) is 13.0 Å². The fourth-order valence-corrected chi connectivity index (χ4v) is 2.08. The number of nitrogens with one attached hydrogen (secondary N) is 1. The van der Waals surface area contributed by atoms with Gasteiger partial charge in [-0.3, -0.25) is 4.79 Å². The van der Waals surface area contributed by atoms with Crippen LogP contribution in [0.15, 0.2) is 48.5 Å². The molecule has 0 aliphatic rings. The second kappa shape index (κ2) is 9.08. The van der Waals surface area contributed by atoms with Gasteiger partial charge in [-0.05, 0) is 31.2 Å². The molecule has 2 aromatic carbocycles. The summed E-state index contributed by atoms with van der Waals surface area (Å²) in [5, 5.41) is 11.6. The Bertz CT molecular complexity index is 829. The number of methoxy groups -OCH3 is 1. The molecule has 26 heavy (non-hydrogen) atoms. The van der Waals surface area contributed by atoms with Crippen molar-refractivity contribution in [3.63, 3.8) is 0 Å². The molecule has 0 unspecified atom stereocenters. The van der Waals surface area contributed by atoms with E-state index in [-0.39, 0.29) is 6.61 Å². The SMILES string of the molecule is COc1ccccc1OCC(=O)O[C@@H](C)C(=O)Nc1ccccc1C#N. The van der Waals surface area contributed by atoms with Gasteiger partial charge in [-0.2, -0.15) is 5.26 Å². The summed E-state index contributed by atoms with van der Waals surface area (Å²) in [5.74, 6) is -0.364. The minimum Gasteiger partial charge on any atom is -0.493 e. The van der Waals surface area contributed by atoms with Crippen LogP contribution in [-0.4, -0.2) is 31.7 Å². The number of nitrogens with zero attached hydrogens (tertiary/aromatic N) is 1. The molecule has 0 radical (unpaired) electrons.